The van der Waals surface area contributed by atoms with E-state index in [0.717, 1.165) is 72.8 Å². The van der Waals surface area contributed by atoms with Crippen LogP contribution in [-0.4, -0.2) is 48.3 Å². The number of benzene rings is 1. The van der Waals surface area contributed by atoms with E-state index in [9.17, 15) is 19.2 Å². The van der Waals surface area contributed by atoms with Gasteiger partial charge in [-0.15, -0.1) is 11.3 Å². The van der Waals surface area contributed by atoms with E-state index >= 15 is 0 Å². The number of carbonyl (C=O) groups is 4. The van der Waals surface area contributed by atoms with Crippen molar-refractivity contribution in [3.05, 3.63) is 53.0 Å². The number of ether oxygens (including phenoxy) is 1. The normalized spacial score (nSPS) is 16.6. The number of amides is 2. The maximum atomic E-state index is 13.5. The van der Waals surface area contributed by atoms with Gasteiger partial charge in [-0.25, -0.2) is 0 Å². The monoisotopic (exact) mass is 607 g/mol. The topological polar surface area (TPSA) is 97.7 Å². The Hall–Kier alpha value is -3.46. The number of anilines is 1. The second-order valence-corrected chi connectivity index (χ2v) is 12.6. The van der Waals surface area contributed by atoms with Crippen LogP contribution >= 0.6 is 11.3 Å². The number of hydrogen-bond acceptors (Lipinski definition) is 6. The molecule has 232 valence electrons. The molecular formula is C34H45N3O5S. The van der Waals surface area contributed by atoms with Crippen molar-refractivity contribution in [2.45, 2.75) is 84.6 Å². The summed E-state index contributed by atoms with van der Waals surface area (Å²) in [5.41, 5.74) is 3.50. The van der Waals surface area contributed by atoms with E-state index in [-0.39, 0.29) is 36.0 Å². The van der Waals surface area contributed by atoms with E-state index < -0.39 is 0 Å². The Morgan fingerprint density at radius 2 is 1.81 bits per heavy atom. The fourth-order valence-electron chi connectivity index (χ4n) is 6.10. The molecule has 4 rings (SSSR count). The van der Waals surface area contributed by atoms with E-state index in [1.807, 2.05) is 60.2 Å². The quantitative estimate of drug-likeness (QED) is 0.118. The molecule has 43 heavy (non-hydrogen) atoms. The van der Waals surface area contributed by atoms with Crippen molar-refractivity contribution in [3.63, 3.8) is 0 Å². The van der Waals surface area contributed by atoms with E-state index in [4.69, 9.17) is 0 Å². The van der Waals surface area contributed by atoms with Gasteiger partial charge in [-0.3, -0.25) is 19.2 Å². The standard InChI is InChI=1S/C34H45N3O5S/c1-4-36(27-10-8-9-24(2)21-27)32(39)23-37-28-18-20-43-31(28)22-29(37)30(38)17-14-25-12-15-26(16-13-25)34(41)35-19-7-5-6-11-33(40)42-3/h8-10,18,20-22,25-26H,4-7,11-17,19,23H2,1-3H3,(H,35,41). The van der Waals surface area contributed by atoms with Crippen LogP contribution in [0, 0.1) is 18.8 Å². The first-order valence-electron chi connectivity index (χ1n) is 15.6. The van der Waals surface area contributed by atoms with Gasteiger partial charge >= 0.3 is 5.97 Å². The average Bonchev–Trinajstić information content (AvgIpc) is 3.60. The second-order valence-electron chi connectivity index (χ2n) is 11.6. The number of carbonyl (C=O) groups excluding carboxylic acids is 4. The molecule has 2 aromatic heterocycles. The lowest BCUT2D eigenvalue weighted by Crippen LogP contribution is -2.34. The Labute approximate surface area is 258 Å². The van der Waals surface area contributed by atoms with Crippen molar-refractivity contribution in [1.82, 2.24) is 9.88 Å². The summed E-state index contributed by atoms with van der Waals surface area (Å²) in [4.78, 5) is 52.6. The number of esters is 1. The van der Waals surface area contributed by atoms with Crippen molar-refractivity contribution in [2.24, 2.45) is 11.8 Å². The maximum Gasteiger partial charge on any atom is 0.305 e. The zero-order valence-corrected chi connectivity index (χ0v) is 26.5. The molecule has 0 saturated heterocycles. The Morgan fingerprint density at radius 3 is 2.53 bits per heavy atom. The number of nitrogens with one attached hydrogen (secondary N) is 1. The van der Waals surface area contributed by atoms with E-state index in [1.165, 1.54) is 7.11 Å². The van der Waals surface area contributed by atoms with Gasteiger partial charge in [0, 0.05) is 37.5 Å². The lowest BCUT2D eigenvalue weighted by atomic mass is 9.79. The van der Waals surface area contributed by atoms with Gasteiger partial charge in [-0.05, 0) is 99.9 Å². The third-order valence-corrected chi connectivity index (χ3v) is 9.47. The van der Waals surface area contributed by atoms with Gasteiger partial charge in [0.1, 0.15) is 6.54 Å². The van der Waals surface area contributed by atoms with Crippen LogP contribution in [0.3, 0.4) is 0 Å². The van der Waals surface area contributed by atoms with Gasteiger partial charge in [0.25, 0.3) is 0 Å². The molecule has 8 nitrogen and oxygen atoms in total. The summed E-state index contributed by atoms with van der Waals surface area (Å²) in [6.07, 6.45) is 7.75. The Balaban J connectivity index is 1.26. The van der Waals surface area contributed by atoms with Gasteiger partial charge < -0.3 is 19.5 Å². The lowest BCUT2D eigenvalue weighted by Gasteiger charge is -2.27. The zero-order valence-electron chi connectivity index (χ0n) is 25.7. The van der Waals surface area contributed by atoms with Gasteiger partial charge in [0.05, 0.1) is 23.0 Å². The number of unbranched alkanes of at least 4 members (excludes halogenated alkanes) is 2. The number of hydrogen-bond donors (Lipinski definition) is 1. The molecule has 0 aliphatic heterocycles. The number of methoxy groups -OCH3 is 1. The first-order chi connectivity index (χ1) is 20.8. The molecule has 0 radical (unpaired) electrons. The van der Waals surface area contributed by atoms with Crippen LogP contribution in [0.25, 0.3) is 10.2 Å². The molecule has 1 N–H and O–H groups in total. The molecule has 1 aliphatic rings. The number of aromatic nitrogens is 1. The molecule has 1 fully saturated rings. The van der Waals surface area contributed by atoms with Gasteiger partial charge in [0.2, 0.25) is 11.8 Å². The third kappa shape index (κ3) is 8.78. The fraction of sp³-hybridized carbons (Fsp3) is 0.529. The molecular weight excluding hydrogens is 562 g/mol. The molecule has 1 saturated carbocycles. The predicted octanol–water partition coefficient (Wildman–Crippen LogP) is 6.68. The number of rotatable bonds is 15. The summed E-state index contributed by atoms with van der Waals surface area (Å²) < 4.78 is 7.56. The molecule has 0 atom stereocenters. The number of nitrogens with zero attached hydrogens (tertiary/aromatic N) is 2. The zero-order chi connectivity index (χ0) is 30.8. The number of fused-ring (bicyclic) bond motifs is 1. The summed E-state index contributed by atoms with van der Waals surface area (Å²) in [6.45, 7) is 5.29. The Bertz CT molecular complexity index is 1400. The largest absolute Gasteiger partial charge is 0.469 e. The predicted molar refractivity (Wildman–Crippen MR) is 172 cm³/mol. The highest BCUT2D eigenvalue weighted by atomic mass is 32.1. The van der Waals surface area contributed by atoms with Crippen LogP contribution in [-0.2, 0) is 25.7 Å². The number of ketones is 1. The smallest absolute Gasteiger partial charge is 0.305 e. The third-order valence-electron chi connectivity index (χ3n) is 8.61. The number of likely N-dealkylation sites (N-methyl/N-ethyl adjacent to an activating group) is 1. The van der Waals surface area contributed by atoms with Gasteiger partial charge in [-0.2, -0.15) is 0 Å². The maximum absolute atomic E-state index is 13.5. The molecule has 0 bridgehead atoms. The minimum Gasteiger partial charge on any atom is -0.469 e. The Morgan fingerprint density at radius 1 is 1.02 bits per heavy atom. The van der Waals surface area contributed by atoms with E-state index in [1.54, 1.807) is 16.2 Å². The van der Waals surface area contributed by atoms with E-state index in [2.05, 4.69) is 10.1 Å². The number of Topliss-reactive ketones (excluding diaryl/α,β-unsaturated/α-hetero) is 1. The van der Waals surface area contributed by atoms with Crippen LogP contribution in [0.4, 0.5) is 5.69 Å². The van der Waals surface area contributed by atoms with Crippen molar-refractivity contribution in [1.29, 1.82) is 0 Å². The van der Waals surface area contributed by atoms with Crippen molar-refractivity contribution in [2.75, 3.05) is 25.1 Å². The molecule has 1 aromatic carbocycles. The highest BCUT2D eigenvalue weighted by Gasteiger charge is 2.27. The lowest BCUT2D eigenvalue weighted by molar-refractivity contribution is -0.140. The van der Waals surface area contributed by atoms with Crippen molar-refractivity contribution < 1.29 is 23.9 Å². The van der Waals surface area contributed by atoms with Crippen LogP contribution in [0.1, 0.15) is 87.2 Å². The van der Waals surface area contributed by atoms with Crippen molar-refractivity contribution in [3.8, 4) is 0 Å². The SMILES string of the molecule is CCN(C(=O)Cn1c(C(=O)CCC2CCC(C(=O)NCCCCCC(=O)OC)CC2)cc2sccc21)c1cccc(C)c1. The molecule has 3 aromatic rings. The summed E-state index contributed by atoms with van der Waals surface area (Å²) in [5.74, 6) is 0.423. The van der Waals surface area contributed by atoms with E-state index in [0.29, 0.717) is 37.5 Å². The van der Waals surface area contributed by atoms with Crippen LogP contribution in [0.15, 0.2) is 41.8 Å². The van der Waals surface area contributed by atoms with Gasteiger partial charge in [0.15, 0.2) is 5.78 Å². The molecule has 1 aliphatic carbocycles. The second kappa shape index (κ2) is 15.8. The molecule has 2 heterocycles. The van der Waals surface area contributed by atoms with Crippen molar-refractivity contribution >= 4 is 50.8 Å². The molecule has 9 heteroatoms. The summed E-state index contributed by atoms with van der Waals surface area (Å²) >= 11 is 1.59. The average molecular weight is 608 g/mol. The minimum atomic E-state index is -0.191. The fourth-order valence-corrected chi connectivity index (χ4v) is 6.93. The minimum absolute atomic E-state index is 0.0342. The van der Waals surface area contributed by atoms with Crippen LogP contribution in [0.2, 0.25) is 0 Å². The summed E-state index contributed by atoms with van der Waals surface area (Å²) in [5, 5.41) is 5.05. The van der Waals surface area contributed by atoms with Crippen LogP contribution < -0.4 is 10.2 Å². The molecule has 0 unspecified atom stereocenters. The molecule has 2 amide bonds. The first-order valence-corrected chi connectivity index (χ1v) is 16.5. The summed E-state index contributed by atoms with van der Waals surface area (Å²) in [6, 6.07) is 11.9. The summed E-state index contributed by atoms with van der Waals surface area (Å²) in [7, 11) is 1.40. The van der Waals surface area contributed by atoms with Crippen LogP contribution in [0.5, 0.6) is 0 Å². The highest BCUT2D eigenvalue weighted by molar-refractivity contribution is 7.17. The number of thiophene rings is 1. The highest BCUT2D eigenvalue weighted by Crippen LogP contribution is 2.33. The molecule has 0 spiro atoms. The van der Waals surface area contributed by atoms with Gasteiger partial charge in [-0.1, -0.05) is 18.6 Å². The first kappa shape index (κ1) is 32.5. The Kier molecular flexibility index (Phi) is 12.0. The number of aryl methyl sites for hydroxylation is 1.